The van der Waals surface area contributed by atoms with Crippen molar-refractivity contribution in [3.8, 4) is 0 Å². The van der Waals surface area contributed by atoms with Gasteiger partial charge in [-0.05, 0) is 51.0 Å². The van der Waals surface area contributed by atoms with E-state index in [0.29, 0.717) is 29.1 Å². The van der Waals surface area contributed by atoms with Gasteiger partial charge in [0.05, 0.1) is 12.2 Å². The van der Waals surface area contributed by atoms with Gasteiger partial charge in [-0.15, -0.1) is 0 Å². The van der Waals surface area contributed by atoms with Crippen LogP contribution in [0.1, 0.15) is 77.0 Å². The normalized spacial score (nSPS) is 19.0. The van der Waals surface area contributed by atoms with Crippen LogP contribution in [-0.2, 0) is 9.47 Å². The summed E-state index contributed by atoms with van der Waals surface area (Å²) in [5.41, 5.74) is 2.19. The molecule has 1 amide bonds. The minimum absolute atomic E-state index is 0.141. The van der Waals surface area contributed by atoms with Crippen molar-refractivity contribution in [3.63, 3.8) is 0 Å². The number of methoxy groups -OCH3 is 1. The molecule has 2 fully saturated rings. The number of H-pyrrole nitrogens is 1. The lowest BCUT2D eigenvalue weighted by atomic mass is 9.88. The predicted octanol–water partition coefficient (Wildman–Crippen LogP) is 3.21. The number of carbonyl (C=O) groups excluding carboxylic acids is 2. The van der Waals surface area contributed by atoms with E-state index < -0.39 is 5.97 Å². The third kappa shape index (κ3) is 5.85. The molecule has 0 atom stereocenters. The fraction of sp³-hybridized carbons (Fsp3) is 0.739. The van der Waals surface area contributed by atoms with E-state index in [9.17, 15) is 9.59 Å². The molecule has 1 saturated carbocycles. The van der Waals surface area contributed by atoms with Gasteiger partial charge in [-0.25, -0.2) is 4.79 Å². The van der Waals surface area contributed by atoms with Crippen LogP contribution >= 0.6 is 0 Å². The summed E-state index contributed by atoms with van der Waals surface area (Å²) in [6.45, 7) is 7.42. The van der Waals surface area contributed by atoms with Crippen LogP contribution in [0.5, 0.6) is 0 Å². The average Bonchev–Trinajstić information content (AvgIpc) is 3.04. The summed E-state index contributed by atoms with van der Waals surface area (Å²) in [4.78, 5) is 30.9. The Kier molecular flexibility index (Phi) is 8.33. The zero-order chi connectivity index (χ0) is 21.5. The quantitative estimate of drug-likeness (QED) is 0.499. The highest BCUT2D eigenvalue weighted by atomic mass is 16.6. The van der Waals surface area contributed by atoms with Crippen molar-refractivity contribution in [2.24, 2.45) is 5.92 Å². The van der Waals surface area contributed by atoms with Crippen molar-refractivity contribution < 1.29 is 19.1 Å². The van der Waals surface area contributed by atoms with E-state index in [1.54, 1.807) is 21.0 Å². The lowest BCUT2D eigenvalue weighted by molar-refractivity contribution is 0.0387. The Balaban J connectivity index is 1.50. The van der Waals surface area contributed by atoms with Crippen LogP contribution in [0.25, 0.3) is 0 Å². The smallest absolute Gasteiger partial charge is 0.340 e. The number of aromatic amines is 1. The summed E-state index contributed by atoms with van der Waals surface area (Å²) in [7, 11) is 1.56. The van der Waals surface area contributed by atoms with Crippen molar-refractivity contribution in [1.29, 1.82) is 0 Å². The number of aryl methyl sites for hydroxylation is 1. The van der Waals surface area contributed by atoms with E-state index in [0.717, 1.165) is 31.8 Å². The molecule has 1 aliphatic heterocycles. The van der Waals surface area contributed by atoms with E-state index in [1.807, 2.05) is 0 Å². The maximum absolute atomic E-state index is 12.9. The molecule has 168 valence electrons. The maximum atomic E-state index is 12.9. The van der Waals surface area contributed by atoms with Gasteiger partial charge in [0.25, 0.3) is 5.91 Å². The Morgan fingerprint density at radius 3 is 2.43 bits per heavy atom. The second-order valence-corrected chi connectivity index (χ2v) is 8.81. The summed E-state index contributed by atoms with van der Waals surface area (Å²) in [5.74, 6) is 0.294. The van der Waals surface area contributed by atoms with Crippen molar-refractivity contribution >= 4 is 11.9 Å². The fourth-order valence-corrected chi connectivity index (χ4v) is 4.83. The molecule has 0 unspecified atom stereocenters. The Hall–Kier alpha value is -1.86. The minimum atomic E-state index is -0.423. The molecule has 1 aromatic rings. The topological polar surface area (TPSA) is 83.7 Å². The summed E-state index contributed by atoms with van der Waals surface area (Å²) < 4.78 is 10.1. The molecule has 2 N–H and O–H groups in total. The average molecular weight is 420 g/mol. The Morgan fingerprint density at radius 1 is 1.07 bits per heavy atom. The van der Waals surface area contributed by atoms with Crippen molar-refractivity contribution in [2.75, 3.05) is 40.0 Å². The molecule has 1 saturated heterocycles. The number of amides is 1. The van der Waals surface area contributed by atoms with Crippen molar-refractivity contribution in [1.82, 2.24) is 15.2 Å². The van der Waals surface area contributed by atoms with E-state index in [4.69, 9.17) is 9.47 Å². The second kappa shape index (κ2) is 11.0. The van der Waals surface area contributed by atoms with E-state index >= 15 is 0 Å². The number of carbonyl (C=O) groups is 2. The Morgan fingerprint density at radius 2 is 1.77 bits per heavy atom. The van der Waals surface area contributed by atoms with Crippen LogP contribution < -0.4 is 5.32 Å². The SMILES string of the molecule is COCCOC(=O)c1c(C)[nH]c(C(=O)NC2CCN(CC3CCCCC3)CC2)c1C. The van der Waals surface area contributed by atoms with Gasteiger partial charge in [-0.2, -0.15) is 0 Å². The van der Waals surface area contributed by atoms with Crippen LogP contribution in [0.2, 0.25) is 0 Å². The first kappa shape index (κ1) is 22.8. The summed E-state index contributed by atoms with van der Waals surface area (Å²) in [6, 6.07) is 0.181. The molecule has 1 aromatic heterocycles. The first-order chi connectivity index (χ1) is 14.5. The van der Waals surface area contributed by atoms with Gasteiger partial charge in [0.1, 0.15) is 12.3 Å². The van der Waals surface area contributed by atoms with E-state index in [-0.39, 0.29) is 18.6 Å². The molecule has 2 aliphatic rings. The van der Waals surface area contributed by atoms with E-state index in [2.05, 4.69) is 15.2 Å². The van der Waals surface area contributed by atoms with Gasteiger partial charge in [0.2, 0.25) is 0 Å². The molecule has 2 heterocycles. The number of piperidine rings is 1. The van der Waals surface area contributed by atoms with Gasteiger partial charge in [-0.1, -0.05) is 19.3 Å². The van der Waals surface area contributed by atoms with Crippen LogP contribution in [0.3, 0.4) is 0 Å². The number of nitrogens with zero attached hydrogens (tertiary/aromatic N) is 1. The monoisotopic (exact) mass is 419 g/mol. The molecule has 7 heteroatoms. The van der Waals surface area contributed by atoms with Gasteiger partial charge >= 0.3 is 5.97 Å². The summed E-state index contributed by atoms with van der Waals surface area (Å²) >= 11 is 0. The number of likely N-dealkylation sites (tertiary alicyclic amines) is 1. The van der Waals surface area contributed by atoms with Crippen LogP contribution in [0, 0.1) is 19.8 Å². The second-order valence-electron chi connectivity index (χ2n) is 8.81. The number of rotatable bonds is 8. The number of aromatic nitrogens is 1. The highest BCUT2D eigenvalue weighted by Crippen LogP contribution is 2.26. The van der Waals surface area contributed by atoms with Gasteiger partial charge in [0.15, 0.2) is 0 Å². The third-order valence-electron chi connectivity index (χ3n) is 6.55. The van der Waals surface area contributed by atoms with Gasteiger partial charge in [0, 0.05) is 38.5 Å². The number of hydrogen-bond acceptors (Lipinski definition) is 5. The number of esters is 1. The molecular formula is C23H37N3O4. The lowest BCUT2D eigenvalue weighted by Gasteiger charge is -2.35. The molecular weight excluding hydrogens is 382 g/mol. The zero-order valence-corrected chi connectivity index (χ0v) is 18.7. The number of ether oxygens (including phenoxy) is 2. The Labute approximate surface area is 179 Å². The molecule has 0 radical (unpaired) electrons. The van der Waals surface area contributed by atoms with Gasteiger partial charge < -0.3 is 24.7 Å². The van der Waals surface area contributed by atoms with Crippen LogP contribution in [0.15, 0.2) is 0 Å². The van der Waals surface area contributed by atoms with E-state index in [1.165, 1.54) is 38.6 Å². The van der Waals surface area contributed by atoms with Crippen molar-refractivity contribution in [2.45, 2.75) is 64.8 Å². The van der Waals surface area contributed by atoms with Gasteiger partial charge in [-0.3, -0.25) is 4.79 Å². The van der Waals surface area contributed by atoms with Crippen LogP contribution in [0.4, 0.5) is 0 Å². The maximum Gasteiger partial charge on any atom is 0.340 e. The molecule has 0 aromatic carbocycles. The highest BCUT2D eigenvalue weighted by Gasteiger charge is 2.27. The number of nitrogens with one attached hydrogen (secondary N) is 2. The molecule has 1 aliphatic carbocycles. The molecule has 3 rings (SSSR count). The standard InChI is InChI=1S/C23H37N3O4/c1-16-20(23(28)30-14-13-29-3)17(2)24-21(16)22(27)25-19-9-11-26(12-10-19)15-18-7-5-4-6-8-18/h18-19,24H,4-15H2,1-3H3,(H,25,27). The van der Waals surface area contributed by atoms with Crippen LogP contribution in [-0.4, -0.2) is 67.8 Å². The largest absolute Gasteiger partial charge is 0.460 e. The first-order valence-corrected chi connectivity index (χ1v) is 11.4. The molecule has 0 spiro atoms. The fourth-order valence-electron chi connectivity index (χ4n) is 4.83. The molecule has 0 bridgehead atoms. The highest BCUT2D eigenvalue weighted by molar-refractivity contribution is 6.00. The third-order valence-corrected chi connectivity index (χ3v) is 6.55. The lowest BCUT2D eigenvalue weighted by Crippen LogP contribution is -2.46. The summed E-state index contributed by atoms with van der Waals surface area (Å²) in [5, 5.41) is 3.16. The van der Waals surface area contributed by atoms with Crippen molar-refractivity contribution in [3.05, 3.63) is 22.5 Å². The zero-order valence-electron chi connectivity index (χ0n) is 18.7. The predicted molar refractivity (Wildman–Crippen MR) is 116 cm³/mol. The Bertz CT molecular complexity index is 716. The summed E-state index contributed by atoms with van der Waals surface area (Å²) in [6.07, 6.45) is 8.86. The first-order valence-electron chi connectivity index (χ1n) is 11.4. The molecule has 7 nitrogen and oxygen atoms in total. The minimum Gasteiger partial charge on any atom is -0.460 e. The number of hydrogen-bond donors (Lipinski definition) is 2. The molecule has 30 heavy (non-hydrogen) atoms.